The van der Waals surface area contributed by atoms with Crippen molar-refractivity contribution in [2.45, 2.75) is 121 Å². The Balaban J connectivity index is 1.49. The molecule has 0 spiro atoms. The molecule has 8 bridgehead atoms. The van der Waals surface area contributed by atoms with E-state index in [0.29, 0.717) is 47.1 Å². The van der Waals surface area contributed by atoms with Crippen LogP contribution >= 0.6 is 47.8 Å². The lowest BCUT2D eigenvalue weighted by molar-refractivity contribution is -0.299. The summed E-state index contributed by atoms with van der Waals surface area (Å²) in [6.45, 7) is 10.9. The molecular weight excluding hydrogens is 576 g/mol. The zero-order chi connectivity index (χ0) is 22.2. The fourth-order valence-electron chi connectivity index (χ4n) is 14.0. The van der Waals surface area contributed by atoms with E-state index in [2.05, 4.69) is 75.5 Å². The van der Waals surface area contributed by atoms with Crippen LogP contribution in [-0.4, -0.2) is 9.07 Å². The zero-order valence-electron chi connectivity index (χ0n) is 20.3. The Morgan fingerprint density at radius 1 is 0.548 bits per heavy atom. The van der Waals surface area contributed by atoms with Crippen molar-refractivity contribution in [3.05, 3.63) is 0 Å². The van der Waals surface area contributed by atoms with Gasteiger partial charge in [0, 0.05) is 5.33 Å². The maximum atomic E-state index is 3.94. The van der Waals surface area contributed by atoms with Gasteiger partial charge in [0.1, 0.15) is 0 Å². The third-order valence-electron chi connectivity index (χ3n) is 11.7. The van der Waals surface area contributed by atoms with Crippen molar-refractivity contribution in [1.29, 1.82) is 0 Å². The highest BCUT2D eigenvalue weighted by Crippen LogP contribution is 2.85. The first kappa shape index (κ1) is 22.9. The van der Waals surface area contributed by atoms with Crippen molar-refractivity contribution in [3.8, 4) is 0 Å². The van der Waals surface area contributed by atoms with E-state index in [9.17, 15) is 0 Å². The lowest BCUT2D eigenvalue weighted by Gasteiger charge is -2.80. The molecule has 8 aliphatic rings. The van der Waals surface area contributed by atoms with Crippen LogP contribution in [0.3, 0.4) is 0 Å². The maximum absolute atomic E-state index is 3.94. The molecule has 0 radical (unpaired) electrons. The minimum Gasteiger partial charge on any atom is -0.0928 e. The second-order valence-corrected chi connectivity index (χ2v) is 20.2. The third kappa shape index (κ3) is 3.26. The lowest BCUT2D eigenvalue weighted by atomic mass is 9.25. The summed E-state index contributed by atoms with van der Waals surface area (Å²) in [5, 5.41) is 1.20. The Bertz CT molecular complexity index is 762. The number of hydrogen-bond donors (Lipinski definition) is 0. The van der Waals surface area contributed by atoms with Gasteiger partial charge in [-0.1, -0.05) is 75.5 Å². The summed E-state index contributed by atoms with van der Waals surface area (Å²) in [5.74, 6) is 0. The summed E-state index contributed by atoms with van der Waals surface area (Å²) in [5.41, 5.74) is 4.72. The van der Waals surface area contributed by atoms with Gasteiger partial charge < -0.3 is 0 Å². The molecule has 0 N–H and O–H groups in total. The van der Waals surface area contributed by atoms with E-state index in [1.54, 1.807) is 32.1 Å². The summed E-state index contributed by atoms with van der Waals surface area (Å²) < 4.78 is 0.478. The van der Waals surface area contributed by atoms with Crippen LogP contribution in [0, 0.1) is 43.3 Å². The molecule has 8 rings (SSSR count). The van der Waals surface area contributed by atoms with Crippen molar-refractivity contribution < 1.29 is 0 Å². The van der Waals surface area contributed by atoms with Gasteiger partial charge in [-0.25, -0.2) is 0 Å². The van der Waals surface area contributed by atoms with Crippen LogP contribution < -0.4 is 0 Å². The highest BCUT2D eigenvalue weighted by atomic mass is 79.9. The van der Waals surface area contributed by atoms with Gasteiger partial charge in [-0.05, 0) is 133 Å². The first-order chi connectivity index (χ1) is 14.2. The van der Waals surface area contributed by atoms with Gasteiger partial charge in [-0.3, -0.25) is 0 Å². The molecule has 8 saturated carbocycles. The Morgan fingerprint density at radius 2 is 0.935 bits per heavy atom. The molecule has 0 aromatic carbocycles. The smallest absolute Gasteiger partial charge is 0.0703 e. The van der Waals surface area contributed by atoms with Crippen LogP contribution in [0.25, 0.3) is 0 Å². The van der Waals surface area contributed by atoms with Gasteiger partial charge >= 0.3 is 0 Å². The van der Waals surface area contributed by atoms with Crippen molar-refractivity contribution in [2.75, 3.05) is 5.33 Å². The largest absolute Gasteiger partial charge is 0.0928 e. The van der Waals surface area contributed by atoms with E-state index in [4.69, 9.17) is 0 Å². The molecule has 8 fully saturated rings. The first-order valence-corrected chi connectivity index (χ1v) is 16.0. The average molecular weight is 619 g/mol. The molecule has 0 saturated heterocycles. The van der Waals surface area contributed by atoms with Crippen molar-refractivity contribution >= 4 is 47.8 Å². The van der Waals surface area contributed by atoms with Crippen molar-refractivity contribution in [2.24, 2.45) is 43.3 Å². The minimum atomic E-state index is 0.478. The standard InChI is InChI=1S/C28H43Br3/c1-21-8-22(2)11-25(10-21,5-6-29)18-27(14-21,15-22)28-16-23(3)9-24(4,17-28)13-26(12-23,19-28)7-20(30)31/h20H,5-19H2,1-4H3. The molecule has 0 heterocycles. The number of alkyl halides is 3. The monoisotopic (exact) mass is 616 g/mol. The summed E-state index contributed by atoms with van der Waals surface area (Å²) in [4.78, 5) is 0. The van der Waals surface area contributed by atoms with Gasteiger partial charge in [0.15, 0.2) is 0 Å². The second-order valence-electron chi connectivity index (χ2n) is 16.0. The maximum Gasteiger partial charge on any atom is 0.0703 e. The van der Waals surface area contributed by atoms with E-state index in [0.717, 1.165) is 0 Å². The quantitative estimate of drug-likeness (QED) is 0.269. The lowest BCUT2D eigenvalue weighted by Crippen LogP contribution is -2.70. The molecule has 8 aliphatic carbocycles. The topological polar surface area (TPSA) is 0 Å². The predicted octanol–water partition coefficient (Wildman–Crippen LogP) is 10.0. The van der Waals surface area contributed by atoms with E-state index < -0.39 is 0 Å². The molecule has 4 atom stereocenters. The second kappa shape index (κ2) is 6.41. The van der Waals surface area contributed by atoms with Crippen LogP contribution in [0.5, 0.6) is 0 Å². The van der Waals surface area contributed by atoms with Crippen molar-refractivity contribution in [3.63, 3.8) is 0 Å². The van der Waals surface area contributed by atoms with Crippen molar-refractivity contribution in [1.82, 2.24) is 0 Å². The summed E-state index contributed by atoms with van der Waals surface area (Å²) >= 11 is 11.8. The van der Waals surface area contributed by atoms with Gasteiger partial charge in [0.25, 0.3) is 0 Å². The number of halogens is 3. The molecule has 3 heteroatoms. The van der Waals surface area contributed by atoms with Gasteiger partial charge in [0.05, 0.1) is 3.74 Å². The Morgan fingerprint density at radius 3 is 1.32 bits per heavy atom. The normalized spacial score (nSPS) is 61.5. The summed E-state index contributed by atoms with van der Waals surface area (Å²) in [6.07, 6.45) is 21.0. The fraction of sp³-hybridized carbons (Fsp3) is 1.00. The van der Waals surface area contributed by atoms with Crippen LogP contribution in [0.2, 0.25) is 0 Å². The summed E-state index contributed by atoms with van der Waals surface area (Å²) in [6, 6.07) is 0. The third-order valence-corrected chi connectivity index (χ3v) is 12.8. The minimum absolute atomic E-state index is 0.478. The zero-order valence-corrected chi connectivity index (χ0v) is 25.1. The molecule has 0 aromatic heterocycles. The highest BCUT2D eigenvalue weighted by molar-refractivity contribution is 9.24. The number of hydrogen-bond acceptors (Lipinski definition) is 0. The van der Waals surface area contributed by atoms with E-state index >= 15 is 0 Å². The van der Waals surface area contributed by atoms with Gasteiger partial charge in [0.2, 0.25) is 0 Å². The van der Waals surface area contributed by atoms with Crippen LogP contribution in [0.4, 0.5) is 0 Å². The number of rotatable bonds is 5. The molecule has 176 valence electrons. The molecule has 0 aromatic rings. The molecule has 0 aliphatic heterocycles. The fourth-order valence-corrected chi connectivity index (χ4v) is 16.2. The average Bonchev–Trinajstić information content (AvgIpc) is 2.45. The predicted molar refractivity (Wildman–Crippen MR) is 142 cm³/mol. The molecule has 31 heavy (non-hydrogen) atoms. The SMILES string of the molecule is CC12CC3(C)CC(CCBr)(C1)CC(C14CC5(C)CC(C)(CC(CC(Br)Br)(C5)C1)C4)(C2)C3. The van der Waals surface area contributed by atoms with Gasteiger partial charge in [-0.15, -0.1) is 0 Å². The van der Waals surface area contributed by atoms with Crippen LogP contribution in [0.1, 0.15) is 118 Å². The molecule has 0 amide bonds. The molecular formula is C28H43Br3. The molecule has 0 nitrogen and oxygen atoms in total. The van der Waals surface area contributed by atoms with Crippen LogP contribution in [0.15, 0.2) is 0 Å². The van der Waals surface area contributed by atoms with E-state index in [1.165, 1.54) is 63.1 Å². The van der Waals surface area contributed by atoms with Crippen LogP contribution in [-0.2, 0) is 0 Å². The first-order valence-electron chi connectivity index (χ1n) is 13.1. The Kier molecular flexibility index (Phi) is 4.73. The Labute approximate surface area is 216 Å². The van der Waals surface area contributed by atoms with E-state index in [-0.39, 0.29) is 0 Å². The highest BCUT2D eigenvalue weighted by Gasteiger charge is 2.75. The summed E-state index contributed by atoms with van der Waals surface area (Å²) in [7, 11) is 0. The van der Waals surface area contributed by atoms with E-state index in [1.807, 2.05) is 0 Å². The van der Waals surface area contributed by atoms with Gasteiger partial charge in [-0.2, -0.15) is 0 Å². The Hall–Kier alpha value is 1.44. The molecule has 4 unspecified atom stereocenters.